The molecular formula is C17H27NO6S2. The van der Waals surface area contributed by atoms with Gasteiger partial charge in [0.2, 0.25) is 10.0 Å². The molecule has 0 radical (unpaired) electrons. The van der Waals surface area contributed by atoms with Crippen molar-refractivity contribution < 1.29 is 26.3 Å². The van der Waals surface area contributed by atoms with E-state index in [0.29, 0.717) is 18.6 Å². The Hall–Kier alpha value is -1.32. The number of rotatable bonds is 7. The molecule has 1 fully saturated rings. The average molecular weight is 406 g/mol. The standard InChI is InChI=1S/C17H27NO6S2/c1-13(2)12-25(19,20)15-7-9-18(10-8-15)26(21,22)17-11-14(23-3)5-6-16(17)24-4/h5-6,11,13,15H,7-10,12H2,1-4H3. The molecule has 0 N–H and O–H groups in total. The molecule has 0 unspecified atom stereocenters. The van der Waals surface area contributed by atoms with Crippen molar-refractivity contribution in [2.45, 2.75) is 36.8 Å². The molecule has 1 aromatic carbocycles. The van der Waals surface area contributed by atoms with Crippen LogP contribution < -0.4 is 9.47 Å². The number of sulfonamides is 1. The third kappa shape index (κ3) is 4.50. The summed E-state index contributed by atoms with van der Waals surface area (Å²) < 4.78 is 62.5. The molecule has 2 rings (SSSR count). The van der Waals surface area contributed by atoms with Crippen molar-refractivity contribution in [2.75, 3.05) is 33.1 Å². The predicted molar refractivity (Wildman–Crippen MR) is 100.0 cm³/mol. The van der Waals surface area contributed by atoms with Gasteiger partial charge in [-0.2, -0.15) is 4.31 Å². The monoisotopic (exact) mass is 405 g/mol. The number of methoxy groups -OCH3 is 2. The fourth-order valence-corrected chi connectivity index (χ4v) is 6.93. The first-order chi connectivity index (χ1) is 12.1. The number of benzene rings is 1. The van der Waals surface area contributed by atoms with Crippen LogP contribution in [0, 0.1) is 5.92 Å². The predicted octanol–water partition coefficient (Wildman–Crippen LogP) is 1.93. The maximum atomic E-state index is 13.0. The number of ether oxygens (including phenoxy) is 2. The van der Waals surface area contributed by atoms with Gasteiger partial charge in [0, 0.05) is 19.2 Å². The topological polar surface area (TPSA) is 90.0 Å². The summed E-state index contributed by atoms with van der Waals surface area (Å²) in [5.74, 6) is 0.843. The van der Waals surface area contributed by atoms with Gasteiger partial charge >= 0.3 is 0 Å². The maximum absolute atomic E-state index is 13.0. The molecule has 0 spiro atoms. The summed E-state index contributed by atoms with van der Waals surface area (Å²) in [6.45, 7) is 4.08. The minimum Gasteiger partial charge on any atom is -0.497 e. The van der Waals surface area contributed by atoms with Crippen LogP contribution >= 0.6 is 0 Å². The lowest BCUT2D eigenvalue weighted by atomic mass is 10.2. The Morgan fingerprint density at radius 2 is 1.69 bits per heavy atom. The normalized spacial score (nSPS) is 17.4. The van der Waals surface area contributed by atoms with Crippen molar-refractivity contribution >= 4 is 19.9 Å². The SMILES string of the molecule is COc1ccc(OC)c(S(=O)(=O)N2CCC(S(=O)(=O)CC(C)C)CC2)c1. The molecule has 148 valence electrons. The quantitative estimate of drug-likeness (QED) is 0.688. The highest BCUT2D eigenvalue weighted by molar-refractivity contribution is 7.92. The minimum atomic E-state index is -3.80. The summed E-state index contributed by atoms with van der Waals surface area (Å²) in [5.41, 5.74) is 0. The second-order valence-corrected chi connectivity index (χ2v) is 11.1. The van der Waals surface area contributed by atoms with E-state index in [4.69, 9.17) is 9.47 Å². The summed E-state index contributed by atoms with van der Waals surface area (Å²) in [5, 5.41) is -0.483. The van der Waals surface area contributed by atoms with E-state index in [1.807, 2.05) is 13.8 Å². The summed E-state index contributed by atoms with van der Waals surface area (Å²) in [7, 11) is -4.13. The van der Waals surface area contributed by atoms with Crippen LogP contribution in [0.4, 0.5) is 0 Å². The number of sulfone groups is 1. The zero-order valence-corrected chi connectivity index (χ0v) is 17.3. The molecule has 0 aromatic heterocycles. The molecule has 1 aliphatic rings. The van der Waals surface area contributed by atoms with Gasteiger partial charge in [-0.05, 0) is 30.9 Å². The van der Waals surface area contributed by atoms with Gasteiger partial charge in [0.05, 0.1) is 25.2 Å². The molecule has 0 atom stereocenters. The Kier molecular flexibility index (Phi) is 6.57. The summed E-state index contributed by atoms with van der Waals surface area (Å²) >= 11 is 0. The van der Waals surface area contributed by atoms with Gasteiger partial charge in [-0.15, -0.1) is 0 Å². The molecule has 1 aromatic rings. The maximum Gasteiger partial charge on any atom is 0.246 e. The van der Waals surface area contributed by atoms with Gasteiger partial charge < -0.3 is 9.47 Å². The Morgan fingerprint density at radius 3 is 2.19 bits per heavy atom. The Bertz CT molecular complexity index is 825. The van der Waals surface area contributed by atoms with Gasteiger partial charge in [-0.1, -0.05) is 13.8 Å². The molecule has 26 heavy (non-hydrogen) atoms. The van der Waals surface area contributed by atoms with E-state index >= 15 is 0 Å². The molecule has 1 aliphatic heterocycles. The first-order valence-electron chi connectivity index (χ1n) is 8.55. The van der Waals surface area contributed by atoms with E-state index < -0.39 is 25.1 Å². The van der Waals surface area contributed by atoms with Crippen LogP contribution in [0.3, 0.4) is 0 Å². The zero-order valence-electron chi connectivity index (χ0n) is 15.6. The highest BCUT2D eigenvalue weighted by Crippen LogP contribution is 2.32. The minimum absolute atomic E-state index is 0.0304. The van der Waals surface area contributed by atoms with E-state index in [0.717, 1.165) is 0 Å². The van der Waals surface area contributed by atoms with Crippen molar-refractivity contribution in [1.29, 1.82) is 0 Å². The van der Waals surface area contributed by atoms with Crippen molar-refractivity contribution in [3.8, 4) is 11.5 Å². The molecule has 0 saturated carbocycles. The molecule has 0 amide bonds. The number of hydrogen-bond acceptors (Lipinski definition) is 6. The van der Waals surface area contributed by atoms with E-state index in [1.165, 1.54) is 24.6 Å². The van der Waals surface area contributed by atoms with Crippen molar-refractivity contribution in [3.05, 3.63) is 18.2 Å². The van der Waals surface area contributed by atoms with Gasteiger partial charge in [0.1, 0.15) is 16.4 Å². The molecule has 7 nitrogen and oxygen atoms in total. The lowest BCUT2D eigenvalue weighted by Crippen LogP contribution is -2.43. The Morgan fingerprint density at radius 1 is 1.08 bits per heavy atom. The summed E-state index contributed by atoms with van der Waals surface area (Å²) in [6, 6.07) is 4.60. The van der Waals surface area contributed by atoms with Crippen molar-refractivity contribution in [3.63, 3.8) is 0 Å². The van der Waals surface area contributed by atoms with E-state index in [1.54, 1.807) is 12.1 Å². The van der Waals surface area contributed by atoms with Gasteiger partial charge in [-0.3, -0.25) is 0 Å². The second-order valence-electron chi connectivity index (χ2n) is 6.84. The van der Waals surface area contributed by atoms with Crippen LogP contribution in [-0.4, -0.2) is 59.5 Å². The van der Waals surface area contributed by atoms with Crippen LogP contribution in [0.15, 0.2) is 23.1 Å². The first-order valence-corrected chi connectivity index (χ1v) is 11.7. The van der Waals surface area contributed by atoms with Gasteiger partial charge in [0.25, 0.3) is 0 Å². The molecule has 0 aliphatic carbocycles. The van der Waals surface area contributed by atoms with Crippen LogP contribution in [0.25, 0.3) is 0 Å². The molecule has 1 saturated heterocycles. The van der Waals surface area contributed by atoms with Crippen molar-refractivity contribution in [1.82, 2.24) is 4.31 Å². The van der Waals surface area contributed by atoms with Crippen LogP contribution in [-0.2, 0) is 19.9 Å². The highest BCUT2D eigenvalue weighted by Gasteiger charge is 2.36. The number of hydrogen-bond donors (Lipinski definition) is 0. The van der Waals surface area contributed by atoms with Crippen LogP contribution in [0.2, 0.25) is 0 Å². The zero-order chi connectivity index (χ0) is 19.5. The third-order valence-corrected chi connectivity index (χ3v) is 9.00. The smallest absolute Gasteiger partial charge is 0.246 e. The Labute approximate surface area is 156 Å². The lowest BCUT2D eigenvalue weighted by Gasteiger charge is -2.31. The number of nitrogens with zero attached hydrogens (tertiary/aromatic N) is 1. The summed E-state index contributed by atoms with van der Waals surface area (Å²) in [6.07, 6.45) is 0.612. The van der Waals surface area contributed by atoms with Gasteiger partial charge in [-0.25, -0.2) is 16.8 Å². The largest absolute Gasteiger partial charge is 0.497 e. The second kappa shape index (κ2) is 8.14. The van der Waals surface area contributed by atoms with Crippen LogP contribution in [0.1, 0.15) is 26.7 Å². The van der Waals surface area contributed by atoms with Crippen LogP contribution in [0.5, 0.6) is 11.5 Å². The van der Waals surface area contributed by atoms with Crippen molar-refractivity contribution in [2.24, 2.45) is 5.92 Å². The molecule has 0 bridgehead atoms. The first kappa shape index (κ1) is 21.0. The third-order valence-electron chi connectivity index (χ3n) is 4.46. The average Bonchev–Trinajstić information content (AvgIpc) is 2.60. The van der Waals surface area contributed by atoms with E-state index in [2.05, 4.69) is 0 Å². The Balaban J connectivity index is 2.21. The summed E-state index contributed by atoms with van der Waals surface area (Å²) in [4.78, 5) is 0.0304. The fourth-order valence-electron chi connectivity index (χ4n) is 3.16. The fraction of sp³-hybridized carbons (Fsp3) is 0.647. The lowest BCUT2D eigenvalue weighted by molar-refractivity contribution is 0.340. The molecular weight excluding hydrogens is 378 g/mol. The molecule has 1 heterocycles. The number of piperidine rings is 1. The highest BCUT2D eigenvalue weighted by atomic mass is 32.2. The van der Waals surface area contributed by atoms with Gasteiger partial charge in [0.15, 0.2) is 9.84 Å². The van der Waals surface area contributed by atoms with E-state index in [9.17, 15) is 16.8 Å². The molecule has 9 heteroatoms. The van der Waals surface area contributed by atoms with E-state index in [-0.39, 0.29) is 35.4 Å².